The largest absolute Gasteiger partial charge is 0.465 e. The maximum atomic E-state index is 15.0. The number of carbonyl (C=O) groups is 1. The Labute approximate surface area is 150 Å². The Morgan fingerprint density at radius 2 is 1.88 bits per heavy atom. The molecule has 0 N–H and O–H groups in total. The minimum atomic E-state index is -0.753. The zero-order valence-corrected chi connectivity index (χ0v) is 15.0. The van der Waals surface area contributed by atoms with Crippen LogP contribution in [0, 0.1) is 12.7 Å². The lowest BCUT2D eigenvalue weighted by Gasteiger charge is -2.13. The number of aryl methyl sites for hydroxylation is 1. The molecule has 26 heavy (non-hydrogen) atoms. The Morgan fingerprint density at radius 3 is 2.50 bits per heavy atom. The first-order chi connectivity index (χ1) is 12.4. The van der Waals surface area contributed by atoms with Crippen molar-refractivity contribution in [1.82, 2.24) is 20.2 Å². The Balaban J connectivity index is 2.25. The van der Waals surface area contributed by atoms with Gasteiger partial charge in [-0.15, -0.1) is 5.10 Å². The highest BCUT2D eigenvalue weighted by atomic mass is 19.1. The second kappa shape index (κ2) is 7.03. The van der Waals surface area contributed by atoms with Crippen LogP contribution >= 0.6 is 0 Å². The number of benzene rings is 2. The number of ether oxygens (including phenoxy) is 1. The third-order valence-electron chi connectivity index (χ3n) is 4.08. The number of nitrogens with zero attached hydrogens (tertiary/aromatic N) is 4. The molecule has 0 saturated carbocycles. The molecule has 0 fully saturated rings. The second-order valence-electron chi connectivity index (χ2n) is 6.32. The van der Waals surface area contributed by atoms with E-state index in [0.29, 0.717) is 17.1 Å². The minimum absolute atomic E-state index is 0.0551. The van der Waals surface area contributed by atoms with E-state index in [2.05, 4.69) is 15.5 Å². The average Bonchev–Trinajstić information content (AvgIpc) is 3.12. The molecule has 0 amide bonds. The van der Waals surface area contributed by atoms with Crippen molar-refractivity contribution in [2.75, 3.05) is 7.11 Å². The van der Waals surface area contributed by atoms with Crippen molar-refractivity contribution >= 4 is 5.97 Å². The van der Waals surface area contributed by atoms with E-state index in [4.69, 9.17) is 4.74 Å². The van der Waals surface area contributed by atoms with Gasteiger partial charge in [0.15, 0.2) is 5.82 Å². The van der Waals surface area contributed by atoms with Crippen molar-refractivity contribution in [2.45, 2.75) is 26.7 Å². The first-order valence-electron chi connectivity index (χ1n) is 8.20. The van der Waals surface area contributed by atoms with Crippen LogP contribution in [0.5, 0.6) is 0 Å². The Bertz CT molecular complexity index is 949. The van der Waals surface area contributed by atoms with Crippen LogP contribution in [0.3, 0.4) is 0 Å². The fraction of sp³-hybridized carbons (Fsp3) is 0.263. The van der Waals surface area contributed by atoms with Crippen molar-refractivity contribution in [3.63, 3.8) is 0 Å². The minimum Gasteiger partial charge on any atom is -0.465 e. The molecule has 1 aromatic heterocycles. The zero-order chi connectivity index (χ0) is 18.8. The lowest BCUT2D eigenvalue weighted by Crippen LogP contribution is -2.10. The zero-order valence-electron chi connectivity index (χ0n) is 15.0. The molecule has 134 valence electrons. The van der Waals surface area contributed by atoms with Crippen LogP contribution in [0.2, 0.25) is 0 Å². The van der Waals surface area contributed by atoms with Gasteiger partial charge >= 0.3 is 5.97 Å². The van der Waals surface area contributed by atoms with Gasteiger partial charge in [0.25, 0.3) is 0 Å². The number of esters is 1. The number of methoxy groups -OCH3 is 1. The normalized spacial score (nSPS) is 11.0. The monoisotopic (exact) mass is 354 g/mol. The molecule has 0 bridgehead atoms. The SMILES string of the molecule is COC(=O)c1cc(-n2nnnc2C(C)C)cc(-c2ccc(C)cc2)c1F. The van der Waals surface area contributed by atoms with Gasteiger partial charge in [-0.25, -0.2) is 9.18 Å². The fourth-order valence-corrected chi connectivity index (χ4v) is 2.67. The van der Waals surface area contributed by atoms with E-state index in [-0.39, 0.29) is 17.0 Å². The van der Waals surface area contributed by atoms with Crippen molar-refractivity contribution in [2.24, 2.45) is 0 Å². The molecule has 7 heteroatoms. The maximum Gasteiger partial charge on any atom is 0.340 e. The molecule has 0 spiro atoms. The molecule has 2 aromatic carbocycles. The summed E-state index contributed by atoms with van der Waals surface area (Å²) >= 11 is 0. The van der Waals surface area contributed by atoms with Crippen molar-refractivity contribution in [3.05, 3.63) is 59.2 Å². The molecule has 0 unspecified atom stereocenters. The van der Waals surface area contributed by atoms with Crippen LogP contribution in [0.25, 0.3) is 16.8 Å². The summed E-state index contributed by atoms with van der Waals surface area (Å²) < 4.78 is 21.3. The van der Waals surface area contributed by atoms with Crippen molar-refractivity contribution in [1.29, 1.82) is 0 Å². The second-order valence-corrected chi connectivity index (χ2v) is 6.32. The summed E-state index contributed by atoms with van der Waals surface area (Å²) in [6.07, 6.45) is 0. The topological polar surface area (TPSA) is 69.9 Å². The van der Waals surface area contributed by atoms with E-state index in [9.17, 15) is 4.79 Å². The molecule has 0 radical (unpaired) electrons. The third kappa shape index (κ3) is 3.20. The van der Waals surface area contributed by atoms with Gasteiger partial charge in [-0.2, -0.15) is 4.68 Å². The predicted octanol–water partition coefficient (Wildman–Crippen LogP) is 3.69. The molecule has 0 aliphatic heterocycles. The first kappa shape index (κ1) is 17.7. The maximum absolute atomic E-state index is 15.0. The molecular formula is C19H19FN4O2. The van der Waals surface area contributed by atoms with E-state index < -0.39 is 11.8 Å². The van der Waals surface area contributed by atoms with E-state index >= 15 is 4.39 Å². The summed E-state index contributed by atoms with van der Waals surface area (Å²) in [6.45, 7) is 5.86. The van der Waals surface area contributed by atoms with Crippen LogP contribution < -0.4 is 0 Å². The van der Waals surface area contributed by atoms with Crippen LogP contribution in [0.1, 0.15) is 41.5 Å². The molecule has 3 aromatic rings. The van der Waals surface area contributed by atoms with Gasteiger partial charge in [0.1, 0.15) is 5.82 Å². The smallest absolute Gasteiger partial charge is 0.340 e. The first-order valence-corrected chi connectivity index (χ1v) is 8.20. The molecule has 3 rings (SSSR count). The van der Waals surface area contributed by atoms with Gasteiger partial charge < -0.3 is 4.74 Å². The van der Waals surface area contributed by atoms with Gasteiger partial charge in [-0.1, -0.05) is 43.7 Å². The Kier molecular flexibility index (Phi) is 4.79. The van der Waals surface area contributed by atoms with Crippen LogP contribution in [0.15, 0.2) is 36.4 Å². The lowest BCUT2D eigenvalue weighted by atomic mass is 9.99. The Morgan fingerprint density at radius 1 is 1.19 bits per heavy atom. The van der Waals surface area contributed by atoms with Crippen LogP contribution in [0.4, 0.5) is 4.39 Å². The highest BCUT2D eigenvalue weighted by molar-refractivity contribution is 5.92. The summed E-state index contributed by atoms with van der Waals surface area (Å²) in [5.74, 6) is -0.720. The Hall–Kier alpha value is -3.09. The van der Waals surface area contributed by atoms with E-state index in [1.54, 1.807) is 6.07 Å². The number of hydrogen-bond acceptors (Lipinski definition) is 5. The van der Waals surface area contributed by atoms with Gasteiger partial charge in [-0.05, 0) is 35.0 Å². The molecule has 0 aliphatic rings. The number of tetrazole rings is 1. The fourth-order valence-electron chi connectivity index (χ4n) is 2.67. The summed E-state index contributed by atoms with van der Waals surface area (Å²) in [5, 5.41) is 11.7. The number of hydrogen-bond donors (Lipinski definition) is 0. The molecule has 6 nitrogen and oxygen atoms in total. The quantitative estimate of drug-likeness (QED) is 0.668. The van der Waals surface area contributed by atoms with Gasteiger partial charge in [0.2, 0.25) is 0 Å². The molecule has 0 atom stereocenters. The van der Waals surface area contributed by atoms with Crippen molar-refractivity contribution < 1.29 is 13.9 Å². The highest BCUT2D eigenvalue weighted by Crippen LogP contribution is 2.29. The number of aromatic nitrogens is 4. The van der Waals surface area contributed by atoms with E-state index in [1.807, 2.05) is 45.0 Å². The number of halogens is 1. The summed E-state index contributed by atoms with van der Waals surface area (Å²) in [5.41, 5.74) is 2.33. The molecular weight excluding hydrogens is 335 g/mol. The molecule has 0 saturated heterocycles. The third-order valence-corrected chi connectivity index (χ3v) is 4.08. The van der Waals surface area contributed by atoms with E-state index in [0.717, 1.165) is 5.56 Å². The summed E-state index contributed by atoms with van der Waals surface area (Å²) in [6, 6.07) is 10.4. The average molecular weight is 354 g/mol. The van der Waals surface area contributed by atoms with E-state index in [1.165, 1.54) is 17.9 Å². The number of carbonyl (C=O) groups excluding carboxylic acids is 1. The van der Waals surface area contributed by atoms with Gasteiger partial charge in [0, 0.05) is 11.5 Å². The summed E-state index contributed by atoms with van der Waals surface area (Å²) in [7, 11) is 1.22. The van der Waals surface area contributed by atoms with Crippen LogP contribution in [-0.2, 0) is 4.74 Å². The highest BCUT2D eigenvalue weighted by Gasteiger charge is 2.21. The number of rotatable bonds is 4. The predicted molar refractivity (Wildman–Crippen MR) is 94.7 cm³/mol. The molecule has 1 heterocycles. The lowest BCUT2D eigenvalue weighted by molar-refractivity contribution is 0.0595. The molecule has 0 aliphatic carbocycles. The van der Waals surface area contributed by atoms with Crippen molar-refractivity contribution in [3.8, 4) is 16.8 Å². The van der Waals surface area contributed by atoms with Crippen LogP contribution in [-0.4, -0.2) is 33.3 Å². The standard InChI is InChI=1S/C19H19FN4O2/c1-11(2)18-21-22-23-24(18)14-9-15(13-7-5-12(3)6-8-13)17(20)16(10-14)19(25)26-4/h5-11H,1-4H3. The summed E-state index contributed by atoms with van der Waals surface area (Å²) in [4.78, 5) is 12.1. The van der Waals surface area contributed by atoms with Gasteiger partial charge in [0.05, 0.1) is 18.4 Å². The van der Waals surface area contributed by atoms with Gasteiger partial charge in [-0.3, -0.25) is 0 Å².